The van der Waals surface area contributed by atoms with Crippen LogP contribution in [0.1, 0.15) is 99.3 Å². The van der Waals surface area contributed by atoms with Crippen LogP contribution in [-0.4, -0.2) is 71.1 Å². The van der Waals surface area contributed by atoms with Crippen molar-refractivity contribution in [1.82, 2.24) is 14.7 Å². The van der Waals surface area contributed by atoms with E-state index in [0.717, 1.165) is 17.9 Å². The van der Waals surface area contributed by atoms with Crippen LogP contribution in [0.5, 0.6) is 0 Å². The second-order valence-corrected chi connectivity index (χ2v) is 13.6. The number of hydrogen-bond acceptors (Lipinski definition) is 3. The zero-order valence-corrected chi connectivity index (χ0v) is 21.2. The predicted octanol–water partition coefficient (Wildman–Crippen LogP) is 5.64. The lowest BCUT2D eigenvalue weighted by atomic mass is 9.66. The van der Waals surface area contributed by atoms with Gasteiger partial charge >= 0.3 is 0 Å². The first kappa shape index (κ1) is 23.1. The molecule has 174 valence electrons. The summed E-state index contributed by atoms with van der Waals surface area (Å²) in [4.78, 5) is 8.29. The van der Waals surface area contributed by atoms with Crippen molar-refractivity contribution >= 4 is 0 Å². The van der Waals surface area contributed by atoms with Gasteiger partial charge in [0.1, 0.15) is 0 Å². The van der Waals surface area contributed by atoms with E-state index in [1.165, 1.54) is 97.1 Å². The molecule has 0 bridgehead atoms. The van der Waals surface area contributed by atoms with Gasteiger partial charge in [-0.25, -0.2) is 0 Å². The van der Waals surface area contributed by atoms with Gasteiger partial charge < -0.3 is 4.90 Å². The summed E-state index contributed by atoms with van der Waals surface area (Å²) >= 11 is 0. The van der Waals surface area contributed by atoms with E-state index in [9.17, 15) is 0 Å². The van der Waals surface area contributed by atoms with Gasteiger partial charge in [0.2, 0.25) is 0 Å². The van der Waals surface area contributed by atoms with Crippen LogP contribution in [0, 0.1) is 17.3 Å². The van der Waals surface area contributed by atoms with Crippen LogP contribution >= 0.6 is 0 Å². The number of nitrogens with zero attached hydrogens (tertiary/aromatic N) is 3. The molecule has 0 aromatic heterocycles. The van der Waals surface area contributed by atoms with Gasteiger partial charge in [0.15, 0.2) is 0 Å². The number of likely N-dealkylation sites (tertiary alicyclic amines) is 3. The van der Waals surface area contributed by atoms with Gasteiger partial charge in [0, 0.05) is 30.2 Å². The first-order valence-corrected chi connectivity index (χ1v) is 13.3. The second kappa shape index (κ2) is 8.67. The fourth-order valence-corrected chi connectivity index (χ4v) is 7.00. The molecule has 0 aromatic carbocycles. The molecule has 1 saturated carbocycles. The van der Waals surface area contributed by atoms with Crippen molar-refractivity contribution in [2.75, 3.05) is 39.3 Å². The Bertz CT molecular complexity index is 540. The highest BCUT2D eigenvalue weighted by Crippen LogP contribution is 2.47. The Morgan fingerprint density at radius 1 is 0.633 bits per heavy atom. The highest BCUT2D eigenvalue weighted by molar-refractivity contribution is 5.02. The molecule has 3 aliphatic heterocycles. The quantitative estimate of drug-likeness (QED) is 0.588. The third-order valence-corrected chi connectivity index (χ3v) is 9.41. The minimum Gasteiger partial charge on any atom is -0.300 e. The lowest BCUT2D eigenvalue weighted by Crippen LogP contribution is -2.64. The second-order valence-electron chi connectivity index (χ2n) is 13.6. The molecule has 0 atom stereocenters. The molecule has 4 fully saturated rings. The number of piperidine rings is 2. The van der Waals surface area contributed by atoms with E-state index in [1.807, 2.05) is 0 Å². The summed E-state index contributed by atoms with van der Waals surface area (Å²) in [6.07, 6.45) is 13.2. The molecular weight excluding hydrogens is 366 g/mol. The third kappa shape index (κ3) is 5.26. The maximum absolute atomic E-state index is 2.89. The average Bonchev–Trinajstić information content (AvgIpc) is 2.66. The van der Waals surface area contributed by atoms with E-state index in [2.05, 4.69) is 56.2 Å². The van der Waals surface area contributed by atoms with Gasteiger partial charge in [0.05, 0.1) is 0 Å². The average molecular weight is 418 g/mol. The Hall–Kier alpha value is -0.120. The highest BCUT2D eigenvalue weighted by Gasteiger charge is 2.48. The van der Waals surface area contributed by atoms with Gasteiger partial charge in [0.25, 0.3) is 0 Å². The van der Waals surface area contributed by atoms with E-state index in [0.29, 0.717) is 16.5 Å². The van der Waals surface area contributed by atoms with Crippen LogP contribution in [0.4, 0.5) is 0 Å². The Morgan fingerprint density at radius 2 is 1.10 bits per heavy atom. The molecule has 3 heteroatoms. The number of hydrogen-bond donors (Lipinski definition) is 0. The predicted molar refractivity (Wildman–Crippen MR) is 129 cm³/mol. The van der Waals surface area contributed by atoms with Crippen molar-refractivity contribution in [2.45, 2.75) is 116 Å². The minimum absolute atomic E-state index is 0.361. The molecule has 4 aliphatic rings. The van der Waals surface area contributed by atoms with Crippen LogP contribution in [-0.2, 0) is 0 Å². The molecule has 3 nitrogen and oxygen atoms in total. The molecule has 0 N–H and O–H groups in total. The SMILES string of the molecule is CC(C)(C)N1CCC(CC2CCN(C3CCC4(CC3)CN(C(C)(C)C)C4)CC2)CC1. The summed E-state index contributed by atoms with van der Waals surface area (Å²) in [5.41, 5.74) is 1.41. The highest BCUT2D eigenvalue weighted by atomic mass is 15.3. The van der Waals surface area contributed by atoms with E-state index in [4.69, 9.17) is 0 Å². The van der Waals surface area contributed by atoms with Crippen molar-refractivity contribution in [1.29, 1.82) is 0 Å². The Labute approximate surface area is 187 Å². The van der Waals surface area contributed by atoms with Crippen LogP contribution in [0.25, 0.3) is 0 Å². The van der Waals surface area contributed by atoms with Crippen molar-refractivity contribution in [3.8, 4) is 0 Å². The molecule has 0 amide bonds. The molecule has 0 aromatic rings. The maximum atomic E-state index is 2.89. The third-order valence-electron chi connectivity index (χ3n) is 9.41. The van der Waals surface area contributed by atoms with Gasteiger partial charge in [-0.2, -0.15) is 0 Å². The Kier molecular flexibility index (Phi) is 6.66. The molecule has 1 spiro atoms. The Morgan fingerprint density at radius 3 is 1.57 bits per heavy atom. The monoisotopic (exact) mass is 417 g/mol. The molecular formula is C27H51N3. The zero-order chi connectivity index (χ0) is 21.6. The fourth-order valence-electron chi connectivity index (χ4n) is 7.00. The standard InChI is InChI=1S/C27H51N3/c1-25(2,3)29-17-11-23(12-18-29)19-22-9-15-28(16-10-22)24-7-13-27(14-8-24)20-30(21-27)26(4,5)6/h22-24H,7-21H2,1-6H3. The van der Waals surface area contributed by atoms with Crippen LogP contribution in [0.3, 0.4) is 0 Å². The van der Waals surface area contributed by atoms with E-state index < -0.39 is 0 Å². The first-order valence-electron chi connectivity index (χ1n) is 13.3. The van der Waals surface area contributed by atoms with E-state index in [-0.39, 0.29) is 0 Å². The van der Waals surface area contributed by atoms with Gasteiger partial charge in [-0.15, -0.1) is 0 Å². The van der Waals surface area contributed by atoms with Crippen molar-refractivity contribution in [3.05, 3.63) is 0 Å². The first-order chi connectivity index (χ1) is 14.0. The summed E-state index contributed by atoms with van der Waals surface area (Å²) in [6, 6.07) is 0.898. The van der Waals surface area contributed by atoms with Crippen molar-refractivity contribution in [2.24, 2.45) is 17.3 Å². The molecule has 0 unspecified atom stereocenters. The van der Waals surface area contributed by atoms with Crippen molar-refractivity contribution < 1.29 is 0 Å². The van der Waals surface area contributed by atoms with Gasteiger partial charge in [-0.1, -0.05) is 0 Å². The molecule has 0 radical (unpaired) electrons. The summed E-state index contributed by atoms with van der Waals surface area (Å²) in [5, 5.41) is 0. The minimum atomic E-state index is 0.361. The van der Waals surface area contributed by atoms with E-state index >= 15 is 0 Å². The summed E-state index contributed by atoms with van der Waals surface area (Å²) in [6.45, 7) is 22.4. The van der Waals surface area contributed by atoms with Crippen LogP contribution in [0.2, 0.25) is 0 Å². The normalized spacial score (nSPS) is 29.4. The molecule has 3 heterocycles. The summed E-state index contributed by atoms with van der Waals surface area (Å²) in [5.74, 6) is 2.01. The maximum Gasteiger partial charge on any atom is 0.0125 e. The largest absolute Gasteiger partial charge is 0.300 e. The zero-order valence-electron chi connectivity index (χ0n) is 21.2. The Balaban J connectivity index is 1.14. The molecule has 4 rings (SSSR count). The fraction of sp³-hybridized carbons (Fsp3) is 1.00. The van der Waals surface area contributed by atoms with Crippen LogP contribution in [0.15, 0.2) is 0 Å². The summed E-state index contributed by atoms with van der Waals surface area (Å²) < 4.78 is 0. The lowest BCUT2D eigenvalue weighted by Gasteiger charge is -2.59. The topological polar surface area (TPSA) is 9.72 Å². The van der Waals surface area contributed by atoms with Gasteiger partial charge in [-0.3, -0.25) is 9.80 Å². The van der Waals surface area contributed by atoms with Gasteiger partial charge in [-0.05, 0) is 143 Å². The molecule has 3 saturated heterocycles. The van der Waals surface area contributed by atoms with Crippen molar-refractivity contribution in [3.63, 3.8) is 0 Å². The molecule has 30 heavy (non-hydrogen) atoms. The van der Waals surface area contributed by atoms with Crippen LogP contribution < -0.4 is 0 Å². The molecule has 1 aliphatic carbocycles. The van der Waals surface area contributed by atoms with E-state index in [1.54, 1.807) is 0 Å². The summed E-state index contributed by atoms with van der Waals surface area (Å²) in [7, 11) is 0. The smallest absolute Gasteiger partial charge is 0.0125 e. The number of rotatable bonds is 3. The lowest BCUT2D eigenvalue weighted by molar-refractivity contribution is -0.0902.